The molecule has 6 heteroatoms. The van der Waals surface area contributed by atoms with Gasteiger partial charge in [-0.1, -0.05) is 29.8 Å². The summed E-state index contributed by atoms with van der Waals surface area (Å²) in [6, 6.07) is 9.91. The van der Waals surface area contributed by atoms with Crippen LogP contribution in [0.2, 0.25) is 5.28 Å². The molecule has 1 atom stereocenters. The number of piperidine rings is 1. The number of carbonyl (C=O) groups is 1. The molecule has 0 aliphatic carbocycles. The first-order valence-corrected chi connectivity index (χ1v) is 8.57. The van der Waals surface area contributed by atoms with Crippen molar-refractivity contribution in [3.05, 3.63) is 52.9 Å². The van der Waals surface area contributed by atoms with Crippen LogP contribution in [0.25, 0.3) is 0 Å². The molecule has 1 aliphatic rings. The molecule has 1 aliphatic heterocycles. The number of nitrogens with one attached hydrogen (secondary N) is 1. The number of halogens is 1. The lowest BCUT2D eigenvalue weighted by Crippen LogP contribution is -2.43. The number of carbonyl (C=O) groups excluding carboxylic acids is 1. The summed E-state index contributed by atoms with van der Waals surface area (Å²) in [5.74, 6) is 0.599. The quantitative estimate of drug-likeness (QED) is 0.866. The van der Waals surface area contributed by atoms with Gasteiger partial charge < -0.3 is 5.32 Å². The second-order valence-corrected chi connectivity index (χ2v) is 6.48. The molecular weight excluding hydrogens is 324 g/mol. The third-order valence-electron chi connectivity index (χ3n) is 4.26. The van der Waals surface area contributed by atoms with Gasteiger partial charge in [-0.15, -0.1) is 0 Å². The predicted octanol–water partition coefficient (Wildman–Crippen LogP) is 2.97. The average molecular weight is 345 g/mol. The first-order valence-electron chi connectivity index (χ1n) is 8.19. The number of rotatable bonds is 4. The monoisotopic (exact) mass is 344 g/mol. The van der Waals surface area contributed by atoms with E-state index < -0.39 is 0 Å². The molecule has 1 unspecified atom stereocenters. The van der Waals surface area contributed by atoms with Crippen LogP contribution in [0.3, 0.4) is 0 Å². The van der Waals surface area contributed by atoms with Crippen LogP contribution in [-0.2, 0) is 11.3 Å². The van der Waals surface area contributed by atoms with Crippen molar-refractivity contribution >= 4 is 23.3 Å². The second kappa shape index (κ2) is 7.73. The molecule has 1 saturated heterocycles. The summed E-state index contributed by atoms with van der Waals surface area (Å²) in [4.78, 5) is 22.9. The van der Waals surface area contributed by atoms with Gasteiger partial charge in [-0.25, -0.2) is 9.97 Å². The van der Waals surface area contributed by atoms with Crippen molar-refractivity contribution in [2.75, 3.05) is 18.0 Å². The zero-order valence-corrected chi connectivity index (χ0v) is 14.5. The summed E-state index contributed by atoms with van der Waals surface area (Å²) in [6.45, 7) is 4.21. The number of nitrogens with zero attached hydrogens (tertiary/aromatic N) is 3. The molecule has 0 spiro atoms. The lowest BCUT2D eigenvalue weighted by molar-refractivity contribution is -0.123. The van der Waals surface area contributed by atoms with Gasteiger partial charge in [-0.3, -0.25) is 9.69 Å². The van der Waals surface area contributed by atoms with E-state index in [0.29, 0.717) is 18.9 Å². The molecule has 1 amide bonds. The molecular formula is C18H21ClN4O. The third-order valence-corrected chi connectivity index (χ3v) is 4.44. The van der Waals surface area contributed by atoms with Crippen molar-refractivity contribution in [3.8, 4) is 0 Å². The zero-order chi connectivity index (χ0) is 16.9. The molecule has 5 nitrogen and oxygen atoms in total. The summed E-state index contributed by atoms with van der Waals surface area (Å²) in [6.07, 6.45) is 3.49. The van der Waals surface area contributed by atoms with Gasteiger partial charge in [0.1, 0.15) is 5.82 Å². The normalized spacial score (nSPS) is 17.5. The van der Waals surface area contributed by atoms with Crippen molar-refractivity contribution in [3.63, 3.8) is 0 Å². The maximum absolute atomic E-state index is 13.1. The molecule has 126 valence electrons. The molecule has 1 aromatic carbocycles. The Hall–Kier alpha value is -1.98. The van der Waals surface area contributed by atoms with Gasteiger partial charge in [0.15, 0.2) is 0 Å². The zero-order valence-electron chi connectivity index (χ0n) is 13.7. The van der Waals surface area contributed by atoms with E-state index >= 15 is 0 Å². The number of hydrogen-bond donors (Lipinski definition) is 1. The fourth-order valence-electron chi connectivity index (χ4n) is 2.91. The number of anilines is 1. The van der Waals surface area contributed by atoms with E-state index in [1.165, 1.54) is 5.56 Å². The highest BCUT2D eigenvalue weighted by Gasteiger charge is 2.27. The second-order valence-electron chi connectivity index (χ2n) is 6.14. The molecule has 1 fully saturated rings. The summed E-state index contributed by atoms with van der Waals surface area (Å²) in [5.41, 5.74) is 2.26. The Labute approximate surface area is 147 Å². The van der Waals surface area contributed by atoms with Crippen LogP contribution < -0.4 is 10.2 Å². The summed E-state index contributed by atoms with van der Waals surface area (Å²) in [5, 5.41) is 3.45. The number of aryl methyl sites for hydroxylation is 1. The fraction of sp³-hybridized carbons (Fsp3) is 0.389. The van der Waals surface area contributed by atoms with Crippen molar-refractivity contribution in [2.24, 2.45) is 5.92 Å². The SMILES string of the molecule is Cc1ccc(CN(C(=O)C2CCCNC2)c2ccnc(Cl)n2)cc1. The van der Waals surface area contributed by atoms with Crippen molar-refractivity contribution < 1.29 is 4.79 Å². The molecule has 2 heterocycles. The Balaban J connectivity index is 1.87. The summed E-state index contributed by atoms with van der Waals surface area (Å²) < 4.78 is 0. The number of hydrogen-bond acceptors (Lipinski definition) is 4. The van der Waals surface area contributed by atoms with Gasteiger partial charge in [0.2, 0.25) is 11.2 Å². The highest BCUT2D eigenvalue weighted by molar-refractivity contribution is 6.28. The van der Waals surface area contributed by atoms with Gasteiger partial charge >= 0.3 is 0 Å². The first-order chi connectivity index (χ1) is 11.6. The maximum Gasteiger partial charge on any atom is 0.232 e. The van der Waals surface area contributed by atoms with E-state index in [1.807, 2.05) is 31.2 Å². The molecule has 2 aromatic rings. The van der Waals surface area contributed by atoms with Gasteiger partial charge in [0.05, 0.1) is 12.5 Å². The van der Waals surface area contributed by atoms with Gasteiger partial charge in [0.25, 0.3) is 0 Å². The largest absolute Gasteiger partial charge is 0.316 e. The minimum absolute atomic E-state index is 0.0297. The first kappa shape index (κ1) is 16.9. The van der Waals surface area contributed by atoms with Crippen LogP contribution in [0.4, 0.5) is 5.82 Å². The minimum atomic E-state index is -0.0297. The molecule has 0 saturated carbocycles. The standard InChI is InChI=1S/C18H21ClN4O/c1-13-4-6-14(7-5-13)12-23(16-8-10-21-18(19)22-16)17(24)15-3-2-9-20-11-15/h4-8,10,15,20H,2-3,9,11-12H2,1H3. The van der Waals surface area contributed by atoms with E-state index in [2.05, 4.69) is 15.3 Å². The smallest absolute Gasteiger partial charge is 0.232 e. The predicted molar refractivity (Wildman–Crippen MR) is 95.0 cm³/mol. The third kappa shape index (κ3) is 4.10. The summed E-state index contributed by atoms with van der Waals surface area (Å²) >= 11 is 5.93. The fourth-order valence-corrected chi connectivity index (χ4v) is 3.05. The Morgan fingerprint density at radius 2 is 2.12 bits per heavy atom. The number of benzene rings is 1. The van der Waals surface area contributed by atoms with Gasteiger partial charge in [0, 0.05) is 12.7 Å². The maximum atomic E-state index is 13.1. The van der Waals surface area contributed by atoms with Crippen LogP contribution >= 0.6 is 11.6 Å². The number of aromatic nitrogens is 2. The average Bonchev–Trinajstić information content (AvgIpc) is 2.61. The van der Waals surface area contributed by atoms with Crippen LogP contribution in [0.15, 0.2) is 36.5 Å². The van der Waals surface area contributed by atoms with Gasteiger partial charge in [-0.05, 0) is 49.5 Å². The van der Waals surface area contributed by atoms with E-state index in [4.69, 9.17) is 11.6 Å². The Morgan fingerprint density at radius 3 is 2.79 bits per heavy atom. The van der Waals surface area contributed by atoms with Gasteiger partial charge in [-0.2, -0.15) is 0 Å². The highest BCUT2D eigenvalue weighted by atomic mass is 35.5. The molecule has 1 N–H and O–H groups in total. The summed E-state index contributed by atoms with van der Waals surface area (Å²) in [7, 11) is 0. The van der Waals surface area contributed by atoms with E-state index in [0.717, 1.165) is 24.9 Å². The minimum Gasteiger partial charge on any atom is -0.316 e. The van der Waals surface area contributed by atoms with Crippen molar-refractivity contribution in [1.29, 1.82) is 0 Å². The molecule has 24 heavy (non-hydrogen) atoms. The van der Waals surface area contributed by atoms with E-state index in [1.54, 1.807) is 17.2 Å². The van der Waals surface area contributed by atoms with Crippen molar-refractivity contribution in [2.45, 2.75) is 26.3 Å². The van der Waals surface area contributed by atoms with Crippen LogP contribution in [0.1, 0.15) is 24.0 Å². The lowest BCUT2D eigenvalue weighted by atomic mass is 9.97. The van der Waals surface area contributed by atoms with Crippen LogP contribution in [0.5, 0.6) is 0 Å². The molecule has 1 aromatic heterocycles. The van der Waals surface area contributed by atoms with Crippen LogP contribution in [0, 0.1) is 12.8 Å². The number of amides is 1. The molecule has 0 bridgehead atoms. The van der Waals surface area contributed by atoms with E-state index in [-0.39, 0.29) is 17.1 Å². The Kier molecular flexibility index (Phi) is 5.43. The highest BCUT2D eigenvalue weighted by Crippen LogP contribution is 2.22. The topological polar surface area (TPSA) is 58.1 Å². The van der Waals surface area contributed by atoms with Crippen LogP contribution in [-0.4, -0.2) is 29.0 Å². The van der Waals surface area contributed by atoms with E-state index in [9.17, 15) is 4.79 Å². The Bertz CT molecular complexity index is 698. The molecule has 0 radical (unpaired) electrons. The lowest BCUT2D eigenvalue weighted by Gasteiger charge is -2.29. The Morgan fingerprint density at radius 1 is 1.33 bits per heavy atom. The molecule has 3 rings (SSSR count). The van der Waals surface area contributed by atoms with Crippen molar-refractivity contribution in [1.82, 2.24) is 15.3 Å².